The molecule has 1 fully saturated rings. The standard InChI is InChI=1S/C24H35N5O2.HI/c1-5-30-21-11-10-20(15-22(21)31-6-2)18(3)28-24(25-4)27-17-19-9-12-23(26-16-19)29-13-7-8-14-29;/h9-12,15-16,18H,5-8,13-14,17H2,1-4H3,(H2,25,27,28);1H. The van der Waals surface area contributed by atoms with Gasteiger partial charge in [0.25, 0.3) is 0 Å². The second kappa shape index (κ2) is 13.3. The zero-order valence-corrected chi connectivity index (χ0v) is 21.9. The first kappa shape index (κ1) is 26.0. The Morgan fingerprint density at radius 3 is 2.44 bits per heavy atom. The van der Waals surface area contributed by atoms with E-state index in [1.54, 1.807) is 7.05 Å². The summed E-state index contributed by atoms with van der Waals surface area (Å²) in [5.74, 6) is 3.34. The number of guanidine groups is 1. The highest BCUT2D eigenvalue weighted by Crippen LogP contribution is 2.30. The number of ether oxygens (including phenoxy) is 2. The average molecular weight is 553 g/mol. The topological polar surface area (TPSA) is 71.0 Å². The van der Waals surface area contributed by atoms with Crippen LogP contribution in [0.15, 0.2) is 41.5 Å². The van der Waals surface area contributed by atoms with Gasteiger partial charge in [-0.1, -0.05) is 12.1 Å². The summed E-state index contributed by atoms with van der Waals surface area (Å²) in [4.78, 5) is 11.3. The molecule has 1 atom stereocenters. The van der Waals surface area contributed by atoms with E-state index in [0.717, 1.165) is 47.5 Å². The summed E-state index contributed by atoms with van der Waals surface area (Å²) < 4.78 is 11.4. The molecule has 2 aromatic rings. The second-order valence-corrected chi connectivity index (χ2v) is 7.58. The van der Waals surface area contributed by atoms with Crippen molar-refractivity contribution in [2.45, 2.75) is 46.2 Å². The molecule has 0 amide bonds. The maximum atomic E-state index is 5.75. The van der Waals surface area contributed by atoms with Gasteiger partial charge < -0.3 is 25.0 Å². The van der Waals surface area contributed by atoms with Gasteiger partial charge in [-0.2, -0.15) is 0 Å². The van der Waals surface area contributed by atoms with Crippen molar-refractivity contribution in [3.63, 3.8) is 0 Å². The van der Waals surface area contributed by atoms with Crippen LogP contribution in [0.1, 0.15) is 50.8 Å². The highest BCUT2D eigenvalue weighted by molar-refractivity contribution is 14.0. The summed E-state index contributed by atoms with van der Waals surface area (Å²) in [6.45, 7) is 10.1. The van der Waals surface area contributed by atoms with Crippen LogP contribution in [0.4, 0.5) is 5.82 Å². The maximum Gasteiger partial charge on any atom is 0.191 e. The van der Waals surface area contributed by atoms with Gasteiger partial charge in [0, 0.05) is 32.9 Å². The van der Waals surface area contributed by atoms with Gasteiger partial charge in [0.2, 0.25) is 0 Å². The molecule has 1 aliphatic heterocycles. The normalized spacial score (nSPS) is 14.5. The van der Waals surface area contributed by atoms with E-state index >= 15 is 0 Å². The predicted molar refractivity (Wildman–Crippen MR) is 142 cm³/mol. The smallest absolute Gasteiger partial charge is 0.191 e. The fourth-order valence-electron chi connectivity index (χ4n) is 3.66. The number of halogens is 1. The largest absolute Gasteiger partial charge is 0.490 e. The Kier molecular flexibility index (Phi) is 10.9. The summed E-state index contributed by atoms with van der Waals surface area (Å²) in [7, 11) is 1.78. The van der Waals surface area contributed by atoms with Gasteiger partial charge in [-0.25, -0.2) is 4.98 Å². The third kappa shape index (κ3) is 7.15. The Morgan fingerprint density at radius 1 is 1.09 bits per heavy atom. The number of hydrogen-bond acceptors (Lipinski definition) is 5. The summed E-state index contributed by atoms with van der Waals surface area (Å²) in [5.41, 5.74) is 2.23. The summed E-state index contributed by atoms with van der Waals surface area (Å²) in [6.07, 6.45) is 4.45. The molecule has 1 aliphatic rings. The van der Waals surface area contributed by atoms with E-state index in [0.29, 0.717) is 19.8 Å². The molecule has 0 bridgehead atoms. The van der Waals surface area contributed by atoms with Gasteiger partial charge in [0.05, 0.1) is 19.3 Å². The average Bonchev–Trinajstić information content (AvgIpc) is 3.33. The van der Waals surface area contributed by atoms with E-state index in [4.69, 9.17) is 9.47 Å². The fraction of sp³-hybridized carbons (Fsp3) is 0.500. The van der Waals surface area contributed by atoms with E-state index in [2.05, 4.69) is 50.6 Å². The number of pyridine rings is 1. The monoisotopic (exact) mass is 553 g/mol. The number of nitrogens with one attached hydrogen (secondary N) is 2. The molecule has 0 spiro atoms. The first-order chi connectivity index (χ1) is 15.1. The lowest BCUT2D eigenvalue weighted by Crippen LogP contribution is -2.38. The van der Waals surface area contributed by atoms with Crippen LogP contribution in [0.25, 0.3) is 0 Å². The number of aliphatic imine (C=N–C) groups is 1. The van der Waals surface area contributed by atoms with Crippen molar-refractivity contribution < 1.29 is 9.47 Å². The highest BCUT2D eigenvalue weighted by Gasteiger charge is 2.14. The molecule has 2 heterocycles. The summed E-state index contributed by atoms with van der Waals surface area (Å²) >= 11 is 0. The van der Waals surface area contributed by atoms with E-state index in [1.165, 1.54) is 12.8 Å². The van der Waals surface area contributed by atoms with E-state index in [-0.39, 0.29) is 30.0 Å². The predicted octanol–water partition coefficient (Wildman–Crippen LogP) is 4.52. The van der Waals surface area contributed by atoms with Crippen molar-refractivity contribution >= 4 is 35.8 Å². The van der Waals surface area contributed by atoms with Crippen LogP contribution >= 0.6 is 24.0 Å². The second-order valence-electron chi connectivity index (χ2n) is 7.58. The Labute approximate surface area is 209 Å². The van der Waals surface area contributed by atoms with Crippen LogP contribution in [0.2, 0.25) is 0 Å². The molecule has 176 valence electrons. The molecule has 0 aliphatic carbocycles. The lowest BCUT2D eigenvalue weighted by molar-refractivity contribution is 0.287. The van der Waals surface area contributed by atoms with Crippen LogP contribution in [0.5, 0.6) is 11.5 Å². The number of aromatic nitrogens is 1. The van der Waals surface area contributed by atoms with Crippen molar-refractivity contribution in [2.75, 3.05) is 38.3 Å². The highest BCUT2D eigenvalue weighted by atomic mass is 127. The maximum absolute atomic E-state index is 5.75. The van der Waals surface area contributed by atoms with Crippen molar-refractivity contribution in [1.29, 1.82) is 0 Å². The Hall–Kier alpha value is -2.23. The molecule has 32 heavy (non-hydrogen) atoms. The molecule has 1 unspecified atom stereocenters. The van der Waals surface area contributed by atoms with E-state index < -0.39 is 0 Å². The number of rotatable bonds is 9. The van der Waals surface area contributed by atoms with E-state index in [9.17, 15) is 0 Å². The van der Waals surface area contributed by atoms with Gasteiger partial charge in [0.1, 0.15) is 5.82 Å². The lowest BCUT2D eigenvalue weighted by atomic mass is 10.1. The molecule has 1 aromatic carbocycles. The fourth-order valence-corrected chi connectivity index (χ4v) is 3.66. The summed E-state index contributed by atoms with van der Waals surface area (Å²) in [5, 5.41) is 6.82. The number of anilines is 1. The van der Waals surface area contributed by atoms with Gasteiger partial charge in [-0.05, 0) is 62.9 Å². The molecule has 1 saturated heterocycles. The molecule has 7 nitrogen and oxygen atoms in total. The Balaban J connectivity index is 0.00000363. The zero-order chi connectivity index (χ0) is 22.1. The van der Waals surface area contributed by atoms with Crippen molar-refractivity contribution in [3.05, 3.63) is 47.7 Å². The number of hydrogen-bond donors (Lipinski definition) is 2. The number of benzene rings is 1. The lowest BCUT2D eigenvalue weighted by Gasteiger charge is -2.20. The third-order valence-electron chi connectivity index (χ3n) is 5.34. The van der Waals surface area contributed by atoms with Crippen LogP contribution < -0.4 is 25.0 Å². The van der Waals surface area contributed by atoms with E-state index in [1.807, 2.05) is 32.2 Å². The SMILES string of the molecule is CCOc1ccc(C(C)NC(=NC)NCc2ccc(N3CCCC3)nc2)cc1OCC.I. The minimum atomic E-state index is 0. The van der Waals surface area contributed by atoms with Gasteiger partial charge in [0.15, 0.2) is 17.5 Å². The first-order valence-corrected chi connectivity index (χ1v) is 11.2. The molecular weight excluding hydrogens is 517 g/mol. The minimum absolute atomic E-state index is 0. The quantitative estimate of drug-likeness (QED) is 0.270. The van der Waals surface area contributed by atoms with Crippen LogP contribution in [-0.2, 0) is 6.54 Å². The van der Waals surface area contributed by atoms with Gasteiger partial charge in [-0.3, -0.25) is 4.99 Å². The van der Waals surface area contributed by atoms with Crippen LogP contribution in [0, 0.1) is 0 Å². The molecule has 0 radical (unpaired) electrons. The Bertz CT molecular complexity index is 854. The first-order valence-electron chi connectivity index (χ1n) is 11.2. The van der Waals surface area contributed by atoms with Crippen molar-refractivity contribution in [1.82, 2.24) is 15.6 Å². The van der Waals surface area contributed by atoms with Crippen molar-refractivity contribution in [2.24, 2.45) is 4.99 Å². The van der Waals surface area contributed by atoms with Crippen LogP contribution in [0.3, 0.4) is 0 Å². The summed E-state index contributed by atoms with van der Waals surface area (Å²) in [6, 6.07) is 10.3. The van der Waals surface area contributed by atoms with Gasteiger partial charge >= 0.3 is 0 Å². The van der Waals surface area contributed by atoms with Gasteiger partial charge in [-0.15, -0.1) is 24.0 Å². The molecule has 0 saturated carbocycles. The molecule has 1 aromatic heterocycles. The molecule has 3 rings (SSSR count). The molecule has 8 heteroatoms. The number of nitrogens with zero attached hydrogens (tertiary/aromatic N) is 3. The van der Waals surface area contributed by atoms with Crippen LogP contribution in [-0.4, -0.2) is 44.3 Å². The zero-order valence-electron chi connectivity index (χ0n) is 19.6. The Morgan fingerprint density at radius 2 is 1.81 bits per heavy atom. The van der Waals surface area contributed by atoms with Crippen molar-refractivity contribution in [3.8, 4) is 11.5 Å². The molecule has 2 N–H and O–H groups in total. The molecular formula is C24H36IN5O2. The third-order valence-corrected chi connectivity index (χ3v) is 5.34. The minimum Gasteiger partial charge on any atom is -0.490 e.